The van der Waals surface area contributed by atoms with Gasteiger partial charge in [0.25, 0.3) is 0 Å². The van der Waals surface area contributed by atoms with Crippen molar-refractivity contribution in [1.82, 2.24) is 9.97 Å². The molecule has 148 valence electrons. The molecule has 0 unspecified atom stereocenters. The van der Waals surface area contributed by atoms with E-state index in [9.17, 15) is 9.59 Å². The number of hydrogen-bond donors (Lipinski definition) is 1. The lowest BCUT2D eigenvalue weighted by Crippen LogP contribution is -2.14. The average Bonchev–Trinajstić information content (AvgIpc) is 2.73. The summed E-state index contributed by atoms with van der Waals surface area (Å²) in [5, 5.41) is 3.36. The molecule has 1 amide bonds. The van der Waals surface area contributed by atoms with E-state index in [2.05, 4.69) is 15.3 Å². The van der Waals surface area contributed by atoms with Crippen molar-refractivity contribution in [2.24, 2.45) is 0 Å². The van der Waals surface area contributed by atoms with Gasteiger partial charge in [-0.25, -0.2) is 14.8 Å². The van der Waals surface area contributed by atoms with Crippen molar-refractivity contribution in [3.8, 4) is 11.3 Å². The first kappa shape index (κ1) is 20.5. The van der Waals surface area contributed by atoms with Gasteiger partial charge >= 0.3 is 5.97 Å². The summed E-state index contributed by atoms with van der Waals surface area (Å²) in [6.45, 7) is 3.98. The van der Waals surface area contributed by atoms with E-state index < -0.39 is 0 Å². The quantitative estimate of drug-likeness (QED) is 0.356. The second kappa shape index (κ2) is 9.84. The van der Waals surface area contributed by atoms with Crippen LogP contribution >= 0.6 is 11.8 Å². The van der Waals surface area contributed by atoms with Crippen molar-refractivity contribution < 1.29 is 14.3 Å². The van der Waals surface area contributed by atoms with E-state index in [1.807, 2.05) is 43.3 Å². The van der Waals surface area contributed by atoms with Crippen LogP contribution in [0.2, 0.25) is 0 Å². The van der Waals surface area contributed by atoms with Gasteiger partial charge in [-0.2, -0.15) is 0 Å². The van der Waals surface area contributed by atoms with Crippen molar-refractivity contribution in [3.05, 3.63) is 71.9 Å². The standard InChI is InChI=1S/C22H21N3O3S/c1-3-28-21(27)17-9-11-18(12-10-17)24-20(26)14-29-22-23-15(2)13-19(25-22)16-7-5-4-6-8-16/h4-13H,3,14H2,1-2H3,(H,24,26). The Kier molecular flexibility index (Phi) is 6.97. The Bertz CT molecular complexity index is 992. The number of carbonyl (C=O) groups excluding carboxylic acids is 2. The first-order valence-electron chi connectivity index (χ1n) is 9.16. The fourth-order valence-electron chi connectivity index (χ4n) is 2.59. The van der Waals surface area contributed by atoms with E-state index in [1.54, 1.807) is 31.2 Å². The Morgan fingerprint density at radius 2 is 1.76 bits per heavy atom. The highest BCUT2D eigenvalue weighted by atomic mass is 32.2. The van der Waals surface area contributed by atoms with Gasteiger partial charge in [0.15, 0.2) is 5.16 Å². The van der Waals surface area contributed by atoms with Gasteiger partial charge in [0.1, 0.15) is 0 Å². The second-order valence-electron chi connectivity index (χ2n) is 6.18. The molecule has 0 spiro atoms. The molecule has 0 saturated carbocycles. The lowest BCUT2D eigenvalue weighted by molar-refractivity contribution is -0.113. The lowest BCUT2D eigenvalue weighted by atomic mass is 10.1. The zero-order valence-electron chi connectivity index (χ0n) is 16.2. The van der Waals surface area contributed by atoms with Crippen LogP contribution in [0.4, 0.5) is 5.69 Å². The molecule has 7 heteroatoms. The molecular weight excluding hydrogens is 386 g/mol. The highest BCUT2D eigenvalue weighted by molar-refractivity contribution is 7.99. The maximum absolute atomic E-state index is 12.3. The molecule has 0 radical (unpaired) electrons. The van der Waals surface area contributed by atoms with Crippen LogP contribution in [0.3, 0.4) is 0 Å². The third-order valence-electron chi connectivity index (χ3n) is 3.92. The summed E-state index contributed by atoms with van der Waals surface area (Å²) in [6, 6.07) is 18.4. The van der Waals surface area contributed by atoms with E-state index in [0.29, 0.717) is 23.0 Å². The minimum Gasteiger partial charge on any atom is -0.462 e. The van der Waals surface area contributed by atoms with Gasteiger partial charge in [0, 0.05) is 16.9 Å². The molecule has 3 rings (SSSR count). The zero-order chi connectivity index (χ0) is 20.6. The topological polar surface area (TPSA) is 81.2 Å². The number of anilines is 1. The molecule has 0 bridgehead atoms. The van der Waals surface area contributed by atoms with Crippen molar-refractivity contribution in [2.45, 2.75) is 19.0 Å². The molecular formula is C22H21N3O3S. The Balaban J connectivity index is 1.59. The number of nitrogens with one attached hydrogen (secondary N) is 1. The first-order chi connectivity index (χ1) is 14.0. The summed E-state index contributed by atoms with van der Waals surface area (Å²) in [5.41, 5.74) is 3.73. The molecule has 0 aliphatic rings. The van der Waals surface area contributed by atoms with E-state index in [0.717, 1.165) is 17.0 Å². The van der Waals surface area contributed by atoms with Crippen LogP contribution in [0.5, 0.6) is 0 Å². The first-order valence-corrected chi connectivity index (χ1v) is 10.1. The maximum Gasteiger partial charge on any atom is 0.338 e. The summed E-state index contributed by atoms with van der Waals surface area (Å²) in [4.78, 5) is 32.9. The Hall–Kier alpha value is -3.19. The predicted molar refractivity (Wildman–Crippen MR) is 114 cm³/mol. The Labute approximate surface area is 173 Å². The van der Waals surface area contributed by atoms with Gasteiger partial charge in [-0.3, -0.25) is 4.79 Å². The van der Waals surface area contributed by atoms with Gasteiger partial charge in [-0.15, -0.1) is 0 Å². The van der Waals surface area contributed by atoms with Crippen LogP contribution in [0.25, 0.3) is 11.3 Å². The molecule has 0 atom stereocenters. The third-order valence-corrected chi connectivity index (χ3v) is 4.76. The molecule has 29 heavy (non-hydrogen) atoms. The summed E-state index contributed by atoms with van der Waals surface area (Å²) >= 11 is 1.28. The number of aryl methyl sites for hydroxylation is 1. The van der Waals surface area contributed by atoms with Gasteiger partial charge in [0.2, 0.25) is 5.91 Å². The predicted octanol–water partition coefficient (Wildman–Crippen LogP) is 4.36. The highest BCUT2D eigenvalue weighted by Crippen LogP contribution is 2.22. The highest BCUT2D eigenvalue weighted by Gasteiger charge is 2.10. The molecule has 1 heterocycles. The molecule has 2 aromatic carbocycles. The molecule has 3 aromatic rings. The number of thioether (sulfide) groups is 1. The third kappa shape index (κ3) is 5.89. The monoisotopic (exact) mass is 407 g/mol. The molecule has 0 aliphatic carbocycles. The Morgan fingerprint density at radius 3 is 2.45 bits per heavy atom. The average molecular weight is 407 g/mol. The maximum atomic E-state index is 12.3. The van der Waals surface area contributed by atoms with Crippen LogP contribution in [0.1, 0.15) is 23.0 Å². The number of ether oxygens (including phenoxy) is 1. The second-order valence-corrected chi connectivity index (χ2v) is 7.12. The van der Waals surface area contributed by atoms with Crippen molar-refractivity contribution >= 4 is 29.3 Å². The normalized spacial score (nSPS) is 10.4. The van der Waals surface area contributed by atoms with E-state index in [1.165, 1.54) is 11.8 Å². The van der Waals surface area contributed by atoms with Gasteiger partial charge in [-0.05, 0) is 44.2 Å². The zero-order valence-corrected chi connectivity index (χ0v) is 17.0. The fraction of sp³-hybridized carbons (Fsp3) is 0.182. The van der Waals surface area contributed by atoms with E-state index in [-0.39, 0.29) is 17.6 Å². The summed E-state index contributed by atoms with van der Waals surface area (Å²) < 4.78 is 4.94. The van der Waals surface area contributed by atoms with Gasteiger partial charge < -0.3 is 10.1 Å². The Morgan fingerprint density at radius 1 is 1.03 bits per heavy atom. The van der Waals surface area contributed by atoms with Crippen LogP contribution < -0.4 is 5.32 Å². The van der Waals surface area contributed by atoms with Crippen LogP contribution in [-0.2, 0) is 9.53 Å². The van der Waals surface area contributed by atoms with Crippen molar-refractivity contribution in [1.29, 1.82) is 0 Å². The van der Waals surface area contributed by atoms with Gasteiger partial charge in [0.05, 0.1) is 23.6 Å². The minimum absolute atomic E-state index is 0.176. The number of nitrogens with zero attached hydrogens (tertiary/aromatic N) is 2. The van der Waals surface area contributed by atoms with Crippen LogP contribution in [0.15, 0.2) is 65.8 Å². The molecule has 1 N–H and O–H groups in total. The minimum atomic E-state index is -0.383. The number of amides is 1. The van der Waals surface area contributed by atoms with E-state index >= 15 is 0 Å². The fourth-order valence-corrected chi connectivity index (χ4v) is 3.30. The van der Waals surface area contributed by atoms with Crippen molar-refractivity contribution in [2.75, 3.05) is 17.7 Å². The molecule has 0 aliphatic heterocycles. The number of hydrogen-bond acceptors (Lipinski definition) is 6. The SMILES string of the molecule is CCOC(=O)c1ccc(NC(=O)CSc2nc(C)cc(-c3ccccc3)n2)cc1. The lowest BCUT2D eigenvalue weighted by Gasteiger charge is -2.08. The number of carbonyl (C=O) groups is 2. The van der Waals surface area contributed by atoms with E-state index in [4.69, 9.17) is 4.74 Å². The molecule has 1 aromatic heterocycles. The van der Waals surface area contributed by atoms with Crippen LogP contribution in [-0.4, -0.2) is 34.2 Å². The number of rotatable bonds is 7. The smallest absolute Gasteiger partial charge is 0.338 e. The van der Waals surface area contributed by atoms with Crippen LogP contribution in [0, 0.1) is 6.92 Å². The molecule has 0 fully saturated rings. The number of aromatic nitrogens is 2. The summed E-state index contributed by atoms with van der Waals surface area (Å²) in [6.07, 6.45) is 0. The van der Waals surface area contributed by atoms with Crippen molar-refractivity contribution in [3.63, 3.8) is 0 Å². The summed E-state index contributed by atoms with van der Waals surface area (Å²) in [5.74, 6) is -0.380. The largest absolute Gasteiger partial charge is 0.462 e. The summed E-state index contributed by atoms with van der Waals surface area (Å²) in [7, 11) is 0. The molecule has 6 nitrogen and oxygen atoms in total. The number of esters is 1. The molecule has 0 saturated heterocycles. The number of benzene rings is 2. The van der Waals surface area contributed by atoms with Gasteiger partial charge in [-0.1, -0.05) is 42.1 Å².